The topological polar surface area (TPSA) is 77.8 Å². The predicted molar refractivity (Wildman–Crippen MR) is 94.8 cm³/mol. The van der Waals surface area contributed by atoms with E-state index in [0.29, 0.717) is 24.2 Å². The summed E-state index contributed by atoms with van der Waals surface area (Å²) >= 11 is 0. The van der Waals surface area contributed by atoms with Crippen molar-refractivity contribution in [2.75, 3.05) is 0 Å². The molecule has 4 rings (SSSR count). The molecule has 0 unspecified atom stereocenters. The Kier molecular flexibility index (Phi) is 3.97. The van der Waals surface area contributed by atoms with Gasteiger partial charge in [0.2, 0.25) is 0 Å². The molecule has 0 bridgehead atoms. The largest absolute Gasteiger partial charge is 0.393 e. The van der Waals surface area contributed by atoms with Gasteiger partial charge in [-0.15, -0.1) is 0 Å². The van der Waals surface area contributed by atoms with Crippen LogP contribution in [0.1, 0.15) is 72.1 Å². The highest BCUT2D eigenvalue weighted by molar-refractivity contribution is 5.87. The maximum Gasteiger partial charge on any atom is 0.164 e. The van der Waals surface area contributed by atoms with E-state index in [-0.39, 0.29) is 23.2 Å². The van der Waals surface area contributed by atoms with Crippen molar-refractivity contribution in [1.82, 2.24) is 0 Å². The maximum absolute atomic E-state index is 12.3. The van der Waals surface area contributed by atoms with Crippen LogP contribution >= 0.6 is 0 Å². The average Bonchev–Trinajstić information content (AvgIpc) is 2.77. The highest BCUT2D eigenvalue weighted by atomic mass is 16.4. The first-order valence-corrected chi connectivity index (χ1v) is 10.2. The van der Waals surface area contributed by atoms with E-state index in [2.05, 4.69) is 6.92 Å². The number of aliphatic hydroxyl groups is 3. The van der Waals surface area contributed by atoms with Gasteiger partial charge >= 0.3 is 0 Å². The number of hydrogen-bond donors (Lipinski definition) is 3. The quantitative estimate of drug-likeness (QED) is 0.679. The van der Waals surface area contributed by atoms with Crippen LogP contribution < -0.4 is 0 Å². The minimum absolute atomic E-state index is 0.139. The fourth-order valence-corrected chi connectivity index (χ4v) is 7.89. The molecule has 0 aromatic heterocycles. The molecule has 4 fully saturated rings. The summed E-state index contributed by atoms with van der Waals surface area (Å²) in [6.07, 6.45) is 6.49. The van der Waals surface area contributed by atoms with Crippen LogP contribution in [0.15, 0.2) is 0 Å². The van der Waals surface area contributed by atoms with Crippen molar-refractivity contribution < 1.29 is 20.1 Å². The molecule has 0 aromatic carbocycles. The number of carbonyl (C=O) groups is 1. The third-order valence-electron chi connectivity index (χ3n) is 9.39. The lowest BCUT2D eigenvalue weighted by Gasteiger charge is -2.61. The molecule has 4 aliphatic rings. The Balaban J connectivity index is 1.67. The first-order valence-electron chi connectivity index (χ1n) is 10.2. The van der Waals surface area contributed by atoms with Crippen molar-refractivity contribution >= 4 is 5.78 Å². The number of Topliss-reactive ketones (excluding diaryl/α,β-unsaturated/α-hetero) is 1. The maximum atomic E-state index is 12.3. The SMILES string of the molecule is CC(=O)[C@@]1(O)[C@H](O)C[C@H]2[C@@H]3CC[C@H]4C[C@H](O)CC[C@]4(C)[C@H]3CC[C@@]21C. The van der Waals surface area contributed by atoms with Gasteiger partial charge in [0.25, 0.3) is 0 Å². The van der Waals surface area contributed by atoms with Crippen molar-refractivity contribution in [3.05, 3.63) is 0 Å². The number of rotatable bonds is 1. The van der Waals surface area contributed by atoms with Crippen LogP contribution in [0.5, 0.6) is 0 Å². The predicted octanol–water partition coefficient (Wildman–Crippen LogP) is 2.68. The number of fused-ring (bicyclic) bond motifs is 5. The summed E-state index contributed by atoms with van der Waals surface area (Å²) in [5.41, 5.74) is -1.81. The summed E-state index contributed by atoms with van der Waals surface area (Å²) in [6, 6.07) is 0. The molecule has 4 heteroatoms. The molecule has 142 valence electrons. The molecule has 0 saturated heterocycles. The summed E-state index contributed by atoms with van der Waals surface area (Å²) < 4.78 is 0. The normalized spacial score (nSPS) is 58.2. The van der Waals surface area contributed by atoms with Gasteiger partial charge in [-0.25, -0.2) is 0 Å². The van der Waals surface area contributed by atoms with Gasteiger partial charge in [0.15, 0.2) is 11.4 Å². The van der Waals surface area contributed by atoms with Crippen molar-refractivity contribution in [2.45, 2.75) is 89.9 Å². The van der Waals surface area contributed by atoms with Crippen molar-refractivity contribution in [3.8, 4) is 0 Å². The van der Waals surface area contributed by atoms with Crippen LogP contribution in [-0.4, -0.2) is 38.9 Å². The van der Waals surface area contributed by atoms with E-state index in [4.69, 9.17) is 0 Å². The molecule has 0 aromatic rings. The molecular formula is C21H34O4. The Morgan fingerprint density at radius 3 is 2.36 bits per heavy atom. The number of hydrogen-bond acceptors (Lipinski definition) is 4. The summed E-state index contributed by atoms with van der Waals surface area (Å²) in [5.74, 6) is 1.63. The summed E-state index contributed by atoms with van der Waals surface area (Å²) in [4.78, 5) is 12.3. The van der Waals surface area contributed by atoms with E-state index < -0.39 is 17.1 Å². The molecule has 0 radical (unpaired) electrons. The molecule has 3 N–H and O–H groups in total. The lowest BCUT2D eigenvalue weighted by atomic mass is 9.44. The van der Waals surface area contributed by atoms with Gasteiger partial charge in [-0.1, -0.05) is 13.8 Å². The molecule has 4 nitrogen and oxygen atoms in total. The molecular weight excluding hydrogens is 316 g/mol. The molecule has 0 aliphatic heterocycles. The summed E-state index contributed by atoms with van der Waals surface area (Å²) in [5, 5.41) is 31.9. The van der Waals surface area contributed by atoms with Crippen LogP contribution in [0.2, 0.25) is 0 Å². The van der Waals surface area contributed by atoms with E-state index in [1.807, 2.05) is 6.92 Å². The Morgan fingerprint density at radius 2 is 1.68 bits per heavy atom. The van der Waals surface area contributed by atoms with E-state index >= 15 is 0 Å². The smallest absolute Gasteiger partial charge is 0.164 e. The van der Waals surface area contributed by atoms with Gasteiger partial charge in [-0.3, -0.25) is 4.79 Å². The van der Waals surface area contributed by atoms with E-state index in [1.54, 1.807) is 0 Å². The standard InChI is InChI=1S/C21H34O4/c1-12(22)21(25)18(24)11-17-15-5-4-13-10-14(23)6-8-19(13,2)16(15)7-9-20(17,21)3/h13-18,23-25H,4-11H2,1-3H3/t13-,14+,15+,16-,17-,18+,19-,20-,21+/m0/s1. The van der Waals surface area contributed by atoms with Gasteiger partial charge in [0.05, 0.1) is 12.2 Å². The van der Waals surface area contributed by atoms with Gasteiger partial charge in [-0.2, -0.15) is 0 Å². The van der Waals surface area contributed by atoms with Crippen LogP contribution in [0, 0.1) is 34.5 Å². The molecule has 4 aliphatic carbocycles. The first kappa shape index (κ1) is 17.9. The minimum Gasteiger partial charge on any atom is -0.393 e. The van der Waals surface area contributed by atoms with E-state index in [9.17, 15) is 20.1 Å². The van der Waals surface area contributed by atoms with Gasteiger partial charge in [-0.05, 0) is 87.4 Å². The average molecular weight is 350 g/mol. The first-order chi connectivity index (χ1) is 11.6. The molecule has 0 heterocycles. The monoisotopic (exact) mass is 350 g/mol. The van der Waals surface area contributed by atoms with E-state index in [1.165, 1.54) is 6.92 Å². The van der Waals surface area contributed by atoms with Crippen LogP contribution in [0.4, 0.5) is 0 Å². The number of ketones is 1. The zero-order valence-corrected chi connectivity index (χ0v) is 15.9. The highest BCUT2D eigenvalue weighted by Crippen LogP contribution is 2.68. The van der Waals surface area contributed by atoms with Crippen LogP contribution in [0.25, 0.3) is 0 Å². The zero-order valence-electron chi connectivity index (χ0n) is 15.9. The summed E-state index contributed by atoms with van der Waals surface area (Å²) in [7, 11) is 0. The minimum atomic E-state index is -1.58. The van der Waals surface area contributed by atoms with Crippen molar-refractivity contribution in [3.63, 3.8) is 0 Å². The Labute approximate surface area is 151 Å². The van der Waals surface area contributed by atoms with Crippen molar-refractivity contribution in [1.29, 1.82) is 0 Å². The highest BCUT2D eigenvalue weighted by Gasteiger charge is 2.69. The Morgan fingerprint density at radius 1 is 0.960 bits per heavy atom. The fourth-order valence-electron chi connectivity index (χ4n) is 7.89. The Bertz CT molecular complexity index is 576. The molecule has 25 heavy (non-hydrogen) atoms. The second kappa shape index (κ2) is 5.53. The lowest BCUT2D eigenvalue weighted by molar-refractivity contribution is -0.181. The van der Waals surface area contributed by atoms with Crippen molar-refractivity contribution in [2.24, 2.45) is 34.5 Å². The zero-order chi connectivity index (χ0) is 18.2. The molecule has 4 saturated carbocycles. The van der Waals surface area contributed by atoms with E-state index in [0.717, 1.165) is 44.9 Å². The van der Waals surface area contributed by atoms with Crippen LogP contribution in [-0.2, 0) is 4.79 Å². The van der Waals surface area contributed by atoms with Crippen LogP contribution in [0.3, 0.4) is 0 Å². The number of carbonyl (C=O) groups excluding carboxylic acids is 1. The lowest BCUT2D eigenvalue weighted by Crippen LogP contribution is -2.60. The number of aliphatic hydroxyl groups excluding tert-OH is 2. The van der Waals surface area contributed by atoms with Gasteiger partial charge in [0, 0.05) is 5.41 Å². The second-order valence-corrected chi connectivity index (χ2v) is 10.1. The third-order valence-corrected chi connectivity index (χ3v) is 9.39. The fraction of sp³-hybridized carbons (Fsp3) is 0.952. The van der Waals surface area contributed by atoms with Gasteiger partial charge in [0.1, 0.15) is 0 Å². The second-order valence-electron chi connectivity index (χ2n) is 10.1. The molecule has 0 spiro atoms. The summed E-state index contributed by atoms with van der Waals surface area (Å²) in [6.45, 7) is 5.90. The Hall–Kier alpha value is -0.450. The van der Waals surface area contributed by atoms with Gasteiger partial charge < -0.3 is 15.3 Å². The third kappa shape index (κ3) is 2.14. The molecule has 9 atom stereocenters. The molecule has 0 amide bonds.